The molecule has 1 aromatic carbocycles. The predicted octanol–water partition coefficient (Wildman–Crippen LogP) is 1.83. The van der Waals surface area contributed by atoms with Crippen LogP contribution in [-0.4, -0.2) is 66.2 Å². The minimum absolute atomic E-state index is 0.0615. The summed E-state index contributed by atoms with van der Waals surface area (Å²) in [6.45, 7) is 5.48. The summed E-state index contributed by atoms with van der Waals surface area (Å²) in [5, 5.41) is 0.554. The average molecular weight is 463 g/mol. The first-order valence-electron chi connectivity index (χ1n) is 10.2. The first-order chi connectivity index (χ1) is 14.9. The number of rotatable bonds is 8. The number of piperazine rings is 1. The molecule has 166 valence electrons. The summed E-state index contributed by atoms with van der Waals surface area (Å²) in [6, 6.07) is 6.92. The van der Waals surface area contributed by atoms with Crippen LogP contribution in [-0.2, 0) is 16.6 Å². The summed E-state index contributed by atoms with van der Waals surface area (Å²) in [5.41, 5.74) is 0.353. The number of anilines is 2. The smallest absolute Gasteiger partial charge is 0.268 e. The third-order valence-electron chi connectivity index (χ3n) is 5.24. The largest absolute Gasteiger partial charge is 0.338 e. The first-order valence-corrected chi connectivity index (χ1v) is 12.9. The van der Waals surface area contributed by atoms with Gasteiger partial charge in [0.05, 0.1) is 16.3 Å². The summed E-state index contributed by atoms with van der Waals surface area (Å²) in [6.07, 6.45) is 6.58. The number of sulfonamides is 1. The van der Waals surface area contributed by atoms with Crippen molar-refractivity contribution in [1.29, 1.82) is 0 Å². The number of nitrogens with one attached hydrogen (secondary N) is 1. The zero-order valence-corrected chi connectivity index (χ0v) is 19.0. The molecule has 0 bridgehead atoms. The maximum atomic E-state index is 12.7. The molecule has 1 N–H and O–H groups in total. The summed E-state index contributed by atoms with van der Waals surface area (Å²) >= 11 is 1.43. The third-order valence-corrected chi connectivity index (χ3v) is 6.97. The Morgan fingerprint density at radius 2 is 1.77 bits per heavy atom. The number of nitrogens with zero attached hydrogens (tertiary/aromatic N) is 5. The third kappa shape index (κ3) is 5.60. The maximum Gasteiger partial charge on any atom is 0.268 e. The Morgan fingerprint density at radius 3 is 2.48 bits per heavy atom. The summed E-state index contributed by atoms with van der Waals surface area (Å²) in [7, 11) is -3.37. The van der Waals surface area contributed by atoms with Gasteiger partial charge in [0.25, 0.3) is 5.56 Å². The van der Waals surface area contributed by atoms with E-state index >= 15 is 0 Å². The molecule has 0 amide bonds. The van der Waals surface area contributed by atoms with Crippen molar-refractivity contribution in [3.8, 4) is 0 Å². The van der Waals surface area contributed by atoms with Crippen LogP contribution in [0.15, 0.2) is 41.5 Å². The van der Waals surface area contributed by atoms with Gasteiger partial charge in [-0.2, -0.15) is 0 Å². The highest BCUT2D eigenvalue weighted by molar-refractivity contribution is 7.92. The lowest BCUT2D eigenvalue weighted by molar-refractivity contribution is 0.250. The van der Waals surface area contributed by atoms with Gasteiger partial charge in [-0.3, -0.25) is 18.4 Å². The molecule has 1 aliphatic heterocycles. The number of hydrogen-bond acceptors (Lipinski definition) is 8. The van der Waals surface area contributed by atoms with Gasteiger partial charge in [0.2, 0.25) is 16.0 Å². The van der Waals surface area contributed by atoms with Gasteiger partial charge in [-0.05, 0) is 43.7 Å². The highest BCUT2D eigenvalue weighted by Gasteiger charge is 2.18. The Bertz CT molecular complexity index is 1180. The predicted molar refractivity (Wildman–Crippen MR) is 124 cm³/mol. The topological polar surface area (TPSA) is 100 Å². The second-order valence-electron chi connectivity index (χ2n) is 7.67. The van der Waals surface area contributed by atoms with Crippen LogP contribution in [0.25, 0.3) is 10.1 Å². The minimum Gasteiger partial charge on any atom is -0.338 e. The minimum atomic E-state index is -3.37. The first kappa shape index (κ1) is 21.7. The van der Waals surface area contributed by atoms with E-state index in [9.17, 15) is 13.2 Å². The van der Waals surface area contributed by atoms with Gasteiger partial charge in [0.1, 0.15) is 0 Å². The number of unbranched alkanes of at least 4 members (excludes halogenated alkanes) is 1. The monoisotopic (exact) mass is 462 g/mol. The van der Waals surface area contributed by atoms with Gasteiger partial charge in [-0.25, -0.2) is 18.4 Å². The van der Waals surface area contributed by atoms with E-state index in [-0.39, 0.29) is 5.56 Å². The zero-order chi connectivity index (χ0) is 21.8. The van der Waals surface area contributed by atoms with E-state index in [0.717, 1.165) is 62.5 Å². The molecule has 11 heteroatoms. The van der Waals surface area contributed by atoms with Crippen LogP contribution in [0.3, 0.4) is 0 Å². The molecular weight excluding hydrogens is 436 g/mol. The Labute approximate surface area is 185 Å². The van der Waals surface area contributed by atoms with Gasteiger partial charge in [-0.1, -0.05) is 11.5 Å². The highest BCUT2D eigenvalue weighted by Crippen LogP contribution is 2.22. The lowest BCUT2D eigenvalue weighted by Crippen LogP contribution is -2.47. The van der Waals surface area contributed by atoms with E-state index in [1.165, 1.54) is 11.5 Å². The van der Waals surface area contributed by atoms with Crippen LogP contribution in [0, 0.1) is 0 Å². The molecule has 31 heavy (non-hydrogen) atoms. The molecular formula is C20H26N6O3S2. The van der Waals surface area contributed by atoms with Crippen molar-refractivity contribution in [3.05, 3.63) is 47.0 Å². The Balaban J connectivity index is 1.26. The van der Waals surface area contributed by atoms with E-state index in [1.807, 2.05) is 6.07 Å². The fourth-order valence-electron chi connectivity index (χ4n) is 3.71. The molecule has 3 aromatic rings. The highest BCUT2D eigenvalue weighted by atomic mass is 32.2. The standard InChI is InChI=1S/C20H26N6O3S2/c1-31(28,29)23-16-5-6-18-17(15-16)19(27)26(30-18)10-3-2-9-24-11-13-25(14-12-24)20-21-7-4-8-22-20/h4-8,15,23H,2-3,9-14H2,1H3. The fourth-order valence-corrected chi connectivity index (χ4v) is 5.28. The van der Waals surface area contributed by atoms with E-state index in [2.05, 4.69) is 24.5 Å². The summed E-state index contributed by atoms with van der Waals surface area (Å²) < 4.78 is 27.9. The number of hydrogen-bond donors (Lipinski definition) is 1. The average Bonchev–Trinajstić information content (AvgIpc) is 3.06. The van der Waals surface area contributed by atoms with Crippen molar-refractivity contribution in [2.24, 2.45) is 0 Å². The van der Waals surface area contributed by atoms with Crippen LogP contribution >= 0.6 is 11.5 Å². The molecule has 0 radical (unpaired) electrons. The molecule has 0 atom stereocenters. The maximum absolute atomic E-state index is 12.7. The van der Waals surface area contributed by atoms with Crippen LogP contribution in [0.4, 0.5) is 11.6 Å². The van der Waals surface area contributed by atoms with Gasteiger partial charge >= 0.3 is 0 Å². The van der Waals surface area contributed by atoms with E-state index < -0.39 is 10.0 Å². The Morgan fingerprint density at radius 1 is 1.06 bits per heavy atom. The van der Waals surface area contributed by atoms with Crippen molar-refractivity contribution in [3.63, 3.8) is 0 Å². The molecule has 0 unspecified atom stereocenters. The van der Waals surface area contributed by atoms with Crippen molar-refractivity contribution < 1.29 is 8.42 Å². The molecule has 1 fully saturated rings. The number of benzene rings is 1. The van der Waals surface area contributed by atoms with Gasteiger partial charge in [0, 0.05) is 50.8 Å². The molecule has 1 saturated heterocycles. The molecule has 0 spiro atoms. The Kier molecular flexibility index (Phi) is 6.54. The SMILES string of the molecule is CS(=O)(=O)Nc1ccc2sn(CCCCN3CCN(c4ncccn4)CC3)c(=O)c2c1. The van der Waals surface area contributed by atoms with Gasteiger partial charge in [-0.15, -0.1) is 0 Å². The van der Waals surface area contributed by atoms with Crippen molar-refractivity contribution in [2.45, 2.75) is 19.4 Å². The second-order valence-corrected chi connectivity index (χ2v) is 10.5. The van der Waals surface area contributed by atoms with Crippen LogP contribution in [0.2, 0.25) is 0 Å². The molecule has 9 nitrogen and oxygen atoms in total. The lowest BCUT2D eigenvalue weighted by Gasteiger charge is -2.34. The van der Waals surface area contributed by atoms with E-state index in [0.29, 0.717) is 17.6 Å². The quantitative estimate of drug-likeness (QED) is 0.510. The summed E-state index contributed by atoms with van der Waals surface area (Å²) in [5.74, 6) is 0.793. The Hall–Kier alpha value is -2.50. The number of aryl methyl sites for hydroxylation is 1. The molecule has 1 aliphatic rings. The molecule has 0 saturated carbocycles. The number of aromatic nitrogens is 3. The van der Waals surface area contributed by atoms with E-state index in [4.69, 9.17) is 0 Å². The fraction of sp³-hybridized carbons (Fsp3) is 0.450. The normalized spacial score (nSPS) is 15.5. The van der Waals surface area contributed by atoms with Crippen molar-refractivity contribution in [2.75, 3.05) is 48.6 Å². The van der Waals surface area contributed by atoms with Gasteiger partial charge < -0.3 is 4.90 Å². The second kappa shape index (κ2) is 9.33. The molecule has 4 rings (SSSR count). The molecule has 3 heterocycles. The summed E-state index contributed by atoms with van der Waals surface area (Å²) in [4.78, 5) is 26.0. The van der Waals surface area contributed by atoms with Crippen LogP contribution < -0.4 is 15.2 Å². The lowest BCUT2D eigenvalue weighted by atomic mass is 10.2. The molecule has 2 aromatic heterocycles. The van der Waals surface area contributed by atoms with Crippen molar-refractivity contribution >= 4 is 43.3 Å². The van der Waals surface area contributed by atoms with Crippen molar-refractivity contribution in [1.82, 2.24) is 18.8 Å². The van der Waals surface area contributed by atoms with E-state index in [1.54, 1.807) is 34.5 Å². The molecule has 0 aliphatic carbocycles. The zero-order valence-electron chi connectivity index (χ0n) is 17.4. The van der Waals surface area contributed by atoms with Crippen LogP contribution in [0.1, 0.15) is 12.8 Å². The number of fused-ring (bicyclic) bond motifs is 1. The van der Waals surface area contributed by atoms with Gasteiger partial charge in [0.15, 0.2) is 0 Å². The van der Waals surface area contributed by atoms with Crippen LogP contribution in [0.5, 0.6) is 0 Å².